The lowest BCUT2D eigenvalue weighted by atomic mass is 9.89. The summed E-state index contributed by atoms with van der Waals surface area (Å²) in [5.74, 6) is -10.1. The van der Waals surface area contributed by atoms with Crippen molar-refractivity contribution in [2.24, 2.45) is 23.7 Å². The number of hydrogen-bond acceptors (Lipinski definition) is 36. The molecule has 0 spiro atoms. The third-order valence-electron chi connectivity index (χ3n) is 26.1. The summed E-state index contributed by atoms with van der Waals surface area (Å²) in [7, 11) is 7.49. The van der Waals surface area contributed by atoms with Crippen LogP contribution in [0.15, 0.2) is 60.7 Å². The summed E-state index contributed by atoms with van der Waals surface area (Å²) in [5.41, 5.74) is 0.949. The fourth-order valence-corrected chi connectivity index (χ4v) is 17.7. The minimum Gasteiger partial charge on any atom is -0.479 e. The molecule has 12 N–H and O–H groups in total. The lowest BCUT2D eigenvalue weighted by Crippen LogP contribution is -2.61. The van der Waals surface area contributed by atoms with Gasteiger partial charge in [-0.25, -0.2) is 9.59 Å². The monoisotopic (exact) mass is 2130 g/mol. The Morgan fingerprint density at radius 2 is 1.08 bits per heavy atom. The lowest BCUT2D eigenvalue weighted by Gasteiger charge is -2.41. The highest BCUT2D eigenvalue weighted by Crippen LogP contribution is 2.34. The van der Waals surface area contributed by atoms with Crippen LogP contribution in [0.25, 0.3) is 0 Å². The Morgan fingerprint density at radius 1 is 0.553 bits per heavy atom. The molecule has 4 fully saturated rings. The third kappa shape index (κ3) is 42.9. The van der Waals surface area contributed by atoms with Crippen LogP contribution in [-0.2, 0) is 156 Å². The van der Waals surface area contributed by atoms with Crippen LogP contribution >= 0.6 is 0 Å². The Balaban J connectivity index is 0.835. The van der Waals surface area contributed by atoms with Gasteiger partial charge in [0.05, 0.1) is 226 Å². The molecule has 0 unspecified atom stereocenters. The van der Waals surface area contributed by atoms with Crippen LogP contribution in [0.3, 0.4) is 0 Å². The highest BCUT2D eigenvalue weighted by atomic mass is 16.7. The molecule has 0 radical (unpaired) electrons. The molecule has 4 saturated heterocycles. The normalized spacial score (nSPS) is 21.0. The van der Waals surface area contributed by atoms with Gasteiger partial charge in [-0.1, -0.05) is 91.3 Å². The number of methoxy groups -OCH3 is 3. The number of rotatable bonds is 77. The van der Waals surface area contributed by atoms with Crippen molar-refractivity contribution in [2.75, 3.05) is 220 Å². The average Bonchev–Trinajstić information content (AvgIpc) is 1.46. The molecule has 0 aromatic heterocycles. The maximum absolute atomic E-state index is 15.1. The van der Waals surface area contributed by atoms with E-state index in [-0.39, 0.29) is 119 Å². The number of carbonyl (C=O) groups is 13. The van der Waals surface area contributed by atoms with Crippen molar-refractivity contribution in [3.05, 3.63) is 77.4 Å². The number of carbonyl (C=O) groups excluding carboxylic acids is 12. The smallest absolute Gasteiger partial charge is 0.410 e. The van der Waals surface area contributed by atoms with E-state index < -0.39 is 213 Å². The first-order valence-corrected chi connectivity index (χ1v) is 51.6. The molecule has 848 valence electrons. The summed E-state index contributed by atoms with van der Waals surface area (Å²) in [6.07, 6.45) is -12.3. The van der Waals surface area contributed by atoms with Crippen LogP contribution in [-0.4, -0.2) is 446 Å². The number of imide groups is 1. The molecule has 5 aliphatic heterocycles. The molecule has 150 heavy (non-hydrogen) atoms. The summed E-state index contributed by atoms with van der Waals surface area (Å²) < 4.78 is 107. The number of carboxylic acids is 1. The molecular formula is C102H163N11O37. The van der Waals surface area contributed by atoms with Crippen LogP contribution in [0.5, 0.6) is 5.75 Å². The van der Waals surface area contributed by atoms with E-state index in [1.54, 1.807) is 84.9 Å². The van der Waals surface area contributed by atoms with Crippen molar-refractivity contribution in [3.63, 3.8) is 0 Å². The van der Waals surface area contributed by atoms with Gasteiger partial charge < -0.3 is 163 Å². The summed E-state index contributed by atoms with van der Waals surface area (Å²) in [6, 6.07) is 6.31. The van der Waals surface area contributed by atoms with Gasteiger partial charge in [-0.2, -0.15) is 0 Å². The Morgan fingerprint density at radius 3 is 1.58 bits per heavy atom. The molecule has 48 nitrogen and oxygen atoms in total. The highest BCUT2D eigenvalue weighted by Gasteiger charge is 2.51. The van der Waals surface area contributed by atoms with E-state index in [1.165, 1.54) is 44.4 Å². The van der Waals surface area contributed by atoms with Gasteiger partial charge in [0, 0.05) is 105 Å². The van der Waals surface area contributed by atoms with Gasteiger partial charge in [0.2, 0.25) is 59.5 Å². The van der Waals surface area contributed by atoms with Gasteiger partial charge in [-0.05, 0) is 73.6 Å². The Hall–Kier alpha value is -9.75. The topological polar surface area (TPSA) is 596 Å². The van der Waals surface area contributed by atoms with Gasteiger partial charge in [0.15, 0.2) is 6.10 Å². The van der Waals surface area contributed by atoms with Crippen LogP contribution in [0.2, 0.25) is 0 Å². The lowest BCUT2D eigenvalue weighted by molar-refractivity contribution is -0.271. The van der Waals surface area contributed by atoms with E-state index in [2.05, 4.69) is 37.2 Å². The summed E-state index contributed by atoms with van der Waals surface area (Å²) in [6.45, 7) is 22.6. The van der Waals surface area contributed by atoms with Crippen molar-refractivity contribution in [1.82, 2.24) is 56.8 Å². The standard InChI is InChI=1S/C102H163N11O37/c1-14-66(6)87(77(133-12)59-84(120)112-33-19-23-75(112)92(134-13)67(7)96(125)105-68(8)88(121)70-20-16-15-17-21-70)110(9)99(128)85(64(2)3)109-98(127)86(65(4)5)111(10)102(131)148-61-69-25-26-76(149-101-91(124)89(122)90(123)95(150-101)100(129)130)71(58-69)60-104-78(114)29-32-103-97(126)72(106-80(116)30-34-113-82(118)27-28-83(113)119)22-18-24-79(115)107-73-62-146-94-74(63-147-93(73)94)108-81(117)31-35-135-38-39-137-42-43-139-46-47-141-50-51-143-54-55-145-57-56-144-53-52-142-49-48-140-45-44-138-41-40-136-37-36-132-11/h15-17,20-21,25-28,58,64-68,72-75,77,85-95,101,121-124H,14,18-19,22-24,29-57,59-63H2,1-13H3,(H,103,126)(H,104,114)(H,105,125)(H,106,116)(H,107,115)(H,108,117)(H,109,127)(H,129,130)/t66-,67+,68+,72-,73-,74-,75-,77+,85-,86-,87-,88+,89-,90-,91+,92+,93+,94+,95-,101+/m0/s1. The molecule has 5 aliphatic rings. The Labute approximate surface area is 877 Å². The van der Waals surface area contributed by atoms with E-state index in [0.29, 0.717) is 164 Å². The molecule has 0 aliphatic carbocycles. The van der Waals surface area contributed by atoms with E-state index >= 15 is 4.79 Å². The zero-order chi connectivity index (χ0) is 110. The van der Waals surface area contributed by atoms with Gasteiger partial charge in [0.1, 0.15) is 61.0 Å². The van der Waals surface area contributed by atoms with Crippen molar-refractivity contribution in [3.8, 4) is 5.75 Å². The zero-order valence-electron chi connectivity index (χ0n) is 88.8. The largest absolute Gasteiger partial charge is 0.479 e. The fraction of sp³-hybridized carbons (Fsp3) is 0.735. The van der Waals surface area contributed by atoms with Crippen molar-refractivity contribution in [1.29, 1.82) is 0 Å². The molecule has 7 rings (SSSR count). The molecular weight excluding hydrogens is 1970 g/mol. The Bertz CT molecular complexity index is 4420. The third-order valence-corrected chi connectivity index (χ3v) is 26.1. The highest BCUT2D eigenvalue weighted by molar-refractivity contribution is 6.13. The molecule has 20 atom stereocenters. The van der Waals surface area contributed by atoms with Crippen molar-refractivity contribution in [2.45, 2.75) is 242 Å². The maximum Gasteiger partial charge on any atom is 0.410 e. The molecule has 0 bridgehead atoms. The number of fused-ring (bicyclic) bond motifs is 1. The second-order valence-electron chi connectivity index (χ2n) is 37.8. The molecule has 5 heterocycles. The molecule has 48 heteroatoms. The van der Waals surface area contributed by atoms with Crippen LogP contribution in [0, 0.1) is 23.7 Å². The minimum absolute atomic E-state index is 0.0207. The fourth-order valence-electron chi connectivity index (χ4n) is 17.7. The number of nitrogens with one attached hydrogen (secondary N) is 7. The number of likely N-dealkylation sites (N-methyl/N-ethyl adjacent to an activating group) is 2. The van der Waals surface area contributed by atoms with Gasteiger partial charge in [0.25, 0.3) is 11.8 Å². The SMILES string of the molecule is CC[C@H](C)[C@@H]([C@@H](CC(=O)N1CCC[C@H]1[C@H](OC)[C@@H](C)C(=O)N[C@H](C)[C@@H](O)c1ccccc1)OC)N(C)C(=O)[C@@H](NC(=O)[C@H](C(C)C)N(C)C(=O)OCc1ccc(O[C@@H]2O[C@H](C(=O)O)[C@@H](O)[C@H](O)[C@H]2O)c(CNC(=O)CCNC(=O)[C@H](CCCC(=O)N[C@H]2CO[C@H]3[C@@H]2OC[C@@H]3NC(=O)CCOCCOCCOCCOCCOCCOCCOCCOCCOCCOCCOCCOC)NC(=O)CCN2C(=O)C=CC2=O)c1)C(C)C. The molecule has 12 amide bonds. The number of ether oxygens (including phenoxy) is 19. The quantitative estimate of drug-likeness (QED) is 0.0305. The number of aliphatic hydroxyl groups is 4. The van der Waals surface area contributed by atoms with Crippen LogP contribution < -0.4 is 42.0 Å². The molecule has 2 aromatic carbocycles. The van der Waals surface area contributed by atoms with E-state index in [0.717, 1.165) is 22.0 Å². The number of hydrogen-bond donors (Lipinski definition) is 12. The van der Waals surface area contributed by atoms with Crippen molar-refractivity contribution < 1.29 is 178 Å². The summed E-state index contributed by atoms with van der Waals surface area (Å²) >= 11 is 0. The van der Waals surface area contributed by atoms with E-state index in [9.17, 15) is 83.1 Å². The second-order valence-corrected chi connectivity index (χ2v) is 37.8. The minimum atomic E-state index is -2.08. The number of aliphatic carboxylic acids is 1. The summed E-state index contributed by atoms with van der Waals surface area (Å²) in [5, 5.41) is 72.6. The van der Waals surface area contributed by atoms with E-state index in [4.69, 9.17) is 90.0 Å². The first kappa shape index (κ1) is 127. The number of nitrogens with zero attached hydrogens (tertiary/aromatic N) is 4. The predicted molar refractivity (Wildman–Crippen MR) is 534 cm³/mol. The second kappa shape index (κ2) is 69.8. The number of likely N-dealkylation sites (tertiary alicyclic amines) is 1. The van der Waals surface area contributed by atoms with Gasteiger partial charge in [-0.15, -0.1) is 0 Å². The number of amides is 12. The van der Waals surface area contributed by atoms with Crippen molar-refractivity contribution >= 4 is 77.0 Å². The number of aliphatic hydroxyl groups excluding tert-OH is 4. The average molecular weight is 2140 g/mol. The summed E-state index contributed by atoms with van der Waals surface area (Å²) in [4.78, 5) is 182. The Kier molecular flexibility index (Phi) is 59.2. The zero-order valence-corrected chi connectivity index (χ0v) is 88.8. The molecule has 0 saturated carbocycles. The van der Waals surface area contributed by atoms with Gasteiger partial charge >= 0.3 is 12.1 Å². The van der Waals surface area contributed by atoms with E-state index in [1.807, 2.05) is 19.9 Å². The van der Waals surface area contributed by atoms with Gasteiger partial charge in [-0.3, -0.25) is 62.5 Å². The maximum atomic E-state index is 15.1. The first-order chi connectivity index (χ1) is 72.0. The van der Waals surface area contributed by atoms with Crippen LogP contribution in [0.1, 0.15) is 142 Å². The molecule has 2 aromatic rings. The number of benzene rings is 2. The number of carboxylic acid groups (broad SMARTS) is 1. The first-order valence-electron chi connectivity index (χ1n) is 51.6. The predicted octanol–water partition coefficient (Wildman–Crippen LogP) is -0.0710. The van der Waals surface area contributed by atoms with Crippen LogP contribution in [0.4, 0.5) is 4.79 Å².